The van der Waals surface area contributed by atoms with Crippen LogP contribution in [0.5, 0.6) is 5.75 Å². The molecule has 27 heavy (non-hydrogen) atoms. The zero-order valence-corrected chi connectivity index (χ0v) is 15.3. The third-order valence-corrected chi connectivity index (χ3v) is 4.01. The van der Waals surface area contributed by atoms with Crippen LogP contribution in [0.1, 0.15) is 22.8 Å². The second-order valence-corrected chi connectivity index (χ2v) is 6.01. The highest BCUT2D eigenvalue weighted by Crippen LogP contribution is 2.27. The van der Waals surface area contributed by atoms with E-state index in [0.29, 0.717) is 18.7 Å². The first-order valence-corrected chi connectivity index (χ1v) is 9.02. The molecule has 1 heterocycles. The minimum Gasteiger partial charge on any atom is -0.492 e. The van der Waals surface area contributed by atoms with Crippen LogP contribution in [0.2, 0.25) is 0 Å². The van der Waals surface area contributed by atoms with Crippen molar-refractivity contribution in [3.05, 3.63) is 84.2 Å². The summed E-state index contributed by atoms with van der Waals surface area (Å²) < 4.78 is 5.62. The summed E-state index contributed by atoms with van der Waals surface area (Å²) in [4.78, 5) is 16.6. The highest BCUT2D eigenvalue weighted by atomic mass is 16.5. The molecule has 0 saturated carbocycles. The zero-order valence-electron chi connectivity index (χ0n) is 15.3. The van der Waals surface area contributed by atoms with Gasteiger partial charge in [0.2, 0.25) is 0 Å². The van der Waals surface area contributed by atoms with Gasteiger partial charge in [0.15, 0.2) is 0 Å². The molecule has 5 nitrogen and oxygen atoms in total. The molecule has 0 saturated heterocycles. The summed E-state index contributed by atoms with van der Waals surface area (Å²) in [5.41, 5.74) is 3.28. The average molecular weight is 361 g/mol. The van der Waals surface area contributed by atoms with Crippen LogP contribution in [0.3, 0.4) is 0 Å². The first kappa shape index (κ1) is 18.5. The Labute approximate surface area is 159 Å². The largest absolute Gasteiger partial charge is 0.492 e. The van der Waals surface area contributed by atoms with E-state index in [2.05, 4.69) is 15.6 Å². The van der Waals surface area contributed by atoms with E-state index in [1.165, 1.54) is 5.56 Å². The molecular formula is C22H23N3O2. The van der Waals surface area contributed by atoms with E-state index in [4.69, 9.17) is 4.74 Å². The summed E-state index contributed by atoms with van der Waals surface area (Å²) in [6.07, 6.45) is 4.04. The number of hydrogen-bond acceptors (Lipinski definition) is 4. The molecule has 0 aliphatic rings. The van der Waals surface area contributed by atoms with Crippen LogP contribution >= 0.6 is 0 Å². The van der Waals surface area contributed by atoms with Gasteiger partial charge in [-0.15, -0.1) is 0 Å². The van der Waals surface area contributed by atoms with Crippen LogP contribution in [0.4, 0.5) is 11.4 Å². The Hall–Kier alpha value is -3.34. The molecule has 138 valence electrons. The number of hydrogen-bond donors (Lipinski definition) is 2. The van der Waals surface area contributed by atoms with Crippen molar-refractivity contribution in [1.29, 1.82) is 0 Å². The van der Waals surface area contributed by atoms with E-state index in [1.54, 1.807) is 18.5 Å². The summed E-state index contributed by atoms with van der Waals surface area (Å²) >= 11 is 0. The van der Waals surface area contributed by atoms with Gasteiger partial charge in [-0.3, -0.25) is 9.78 Å². The molecule has 0 unspecified atom stereocenters. The van der Waals surface area contributed by atoms with Crippen LogP contribution in [0.15, 0.2) is 73.1 Å². The van der Waals surface area contributed by atoms with Crippen molar-refractivity contribution < 1.29 is 9.53 Å². The van der Waals surface area contributed by atoms with Gasteiger partial charge in [0.05, 0.1) is 29.7 Å². The van der Waals surface area contributed by atoms with Gasteiger partial charge in [0, 0.05) is 12.7 Å². The van der Waals surface area contributed by atoms with E-state index in [0.717, 1.165) is 23.5 Å². The molecule has 3 rings (SSSR count). The SMILES string of the molecule is CCOc1ccccc1Nc1cncc(C(=O)NCCc2ccccc2)c1. The summed E-state index contributed by atoms with van der Waals surface area (Å²) in [6, 6.07) is 19.5. The Morgan fingerprint density at radius 1 is 1.04 bits per heavy atom. The second-order valence-electron chi connectivity index (χ2n) is 6.01. The molecule has 0 bridgehead atoms. The van der Waals surface area contributed by atoms with E-state index < -0.39 is 0 Å². The van der Waals surface area contributed by atoms with Crippen molar-refractivity contribution in [2.45, 2.75) is 13.3 Å². The van der Waals surface area contributed by atoms with Gasteiger partial charge in [-0.25, -0.2) is 0 Å². The number of pyridine rings is 1. The lowest BCUT2D eigenvalue weighted by molar-refractivity contribution is 0.0954. The molecule has 5 heteroatoms. The van der Waals surface area contributed by atoms with Crippen LogP contribution in [-0.4, -0.2) is 24.0 Å². The normalized spacial score (nSPS) is 10.3. The van der Waals surface area contributed by atoms with Crippen molar-refractivity contribution in [1.82, 2.24) is 10.3 Å². The average Bonchev–Trinajstić information content (AvgIpc) is 2.71. The number of amides is 1. The van der Waals surface area contributed by atoms with Gasteiger partial charge in [-0.05, 0) is 37.1 Å². The molecule has 1 aromatic heterocycles. The fourth-order valence-electron chi connectivity index (χ4n) is 2.71. The second kappa shape index (κ2) is 9.38. The molecule has 2 N–H and O–H groups in total. The smallest absolute Gasteiger partial charge is 0.252 e. The Morgan fingerprint density at radius 2 is 1.81 bits per heavy atom. The number of carbonyl (C=O) groups excluding carboxylic acids is 1. The number of para-hydroxylation sites is 2. The predicted molar refractivity (Wildman–Crippen MR) is 108 cm³/mol. The lowest BCUT2D eigenvalue weighted by Crippen LogP contribution is -2.25. The number of nitrogens with one attached hydrogen (secondary N) is 2. The summed E-state index contributed by atoms with van der Waals surface area (Å²) in [6.45, 7) is 3.10. The van der Waals surface area contributed by atoms with Crippen molar-refractivity contribution in [2.75, 3.05) is 18.5 Å². The molecule has 0 radical (unpaired) electrons. The van der Waals surface area contributed by atoms with Crippen molar-refractivity contribution in [3.63, 3.8) is 0 Å². The quantitative estimate of drug-likeness (QED) is 0.631. The summed E-state index contributed by atoms with van der Waals surface area (Å²) in [7, 11) is 0. The number of aromatic nitrogens is 1. The Balaban J connectivity index is 1.62. The Morgan fingerprint density at radius 3 is 2.63 bits per heavy atom. The maximum atomic E-state index is 12.4. The van der Waals surface area contributed by atoms with Gasteiger partial charge in [-0.1, -0.05) is 42.5 Å². The molecule has 0 fully saturated rings. The highest BCUT2D eigenvalue weighted by Gasteiger charge is 2.08. The maximum absolute atomic E-state index is 12.4. The molecule has 2 aromatic carbocycles. The molecule has 1 amide bonds. The maximum Gasteiger partial charge on any atom is 0.252 e. The number of carbonyl (C=O) groups is 1. The lowest BCUT2D eigenvalue weighted by Gasteiger charge is -2.12. The van der Waals surface area contributed by atoms with Crippen molar-refractivity contribution in [3.8, 4) is 5.75 Å². The fourth-order valence-corrected chi connectivity index (χ4v) is 2.71. The lowest BCUT2D eigenvalue weighted by atomic mass is 10.1. The number of nitrogens with zero attached hydrogens (tertiary/aromatic N) is 1. The predicted octanol–water partition coefficient (Wildman–Crippen LogP) is 4.20. The molecular weight excluding hydrogens is 338 g/mol. The number of anilines is 2. The van der Waals surface area contributed by atoms with Gasteiger partial charge in [0.25, 0.3) is 5.91 Å². The van der Waals surface area contributed by atoms with Crippen LogP contribution in [0.25, 0.3) is 0 Å². The van der Waals surface area contributed by atoms with E-state index in [1.807, 2.05) is 61.5 Å². The van der Waals surface area contributed by atoms with Gasteiger partial charge >= 0.3 is 0 Å². The fraction of sp³-hybridized carbons (Fsp3) is 0.182. The van der Waals surface area contributed by atoms with Gasteiger partial charge in [-0.2, -0.15) is 0 Å². The third-order valence-electron chi connectivity index (χ3n) is 4.01. The minimum absolute atomic E-state index is 0.139. The summed E-state index contributed by atoms with van der Waals surface area (Å²) in [5, 5.41) is 6.21. The van der Waals surface area contributed by atoms with E-state index in [9.17, 15) is 4.79 Å². The molecule has 0 aliphatic carbocycles. The van der Waals surface area contributed by atoms with Crippen molar-refractivity contribution >= 4 is 17.3 Å². The monoisotopic (exact) mass is 361 g/mol. The Kier molecular flexibility index (Phi) is 6.41. The third kappa shape index (κ3) is 5.31. The topological polar surface area (TPSA) is 63.2 Å². The van der Waals surface area contributed by atoms with Gasteiger partial charge < -0.3 is 15.4 Å². The highest BCUT2D eigenvalue weighted by molar-refractivity contribution is 5.94. The van der Waals surface area contributed by atoms with E-state index >= 15 is 0 Å². The number of ether oxygens (including phenoxy) is 1. The van der Waals surface area contributed by atoms with Crippen LogP contribution in [-0.2, 0) is 6.42 Å². The molecule has 0 atom stereocenters. The first-order valence-electron chi connectivity index (χ1n) is 9.02. The van der Waals surface area contributed by atoms with E-state index in [-0.39, 0.29) is 5.91 Å². The zero-order chi connectivity index (χ0) is 18.9. The van der Waals surface area contributed by atoms with Crippen LogP contribution in [0, 0.1) is 0 Å². The molecule has 3 aromatic rings. The minimum atomic E-state index is -0.139. The summed E-state index contributed by atoms with van der Waals surface area (Å²) in [5.74, 6) is 0.623. The van der Waals surface area contributed by atoms with Crippen molar-refractivity contribution in [2.24, 2.45) is 0 Å². The number of rotatable bonds is 8. The van der Waals surface area contributed by atoms with Gasteiger partial charge in [0.1, 0.15) is 5.75 Å². The van der Waals surface area contributed by atoms with Crippen LogP contribution < -0.4 is 15.4 Å². The Bertz CT molecular complexity index is 881. The standard InChI is InChI=1S/C22H23N3O2/c1-2-27-21-11-7-6-10-20(21)25-19-14-18(15-23-16-19)22(26)24-13-12-17-8-4-3-5-9-17/h3-11,14-16,25H,2,12-13H2,1H3,(H,24,26). The molecule has 0 spiro atoms. The first-order chi connectivity index (χ1) is 13.3. The number of benzene rings is 2. The molecule has 0 aliphatic heterocycles.